The predicted molar refractivity (Wildman–Crippen MR) is 85.2 cm³/mol. The highest BCUT2D eigenvalue weighted by Gasteiger charge is 2.16. The van der Waals surface area contributed by atoms with Gasteiger partial charge in [-0.25, -0.2) is 4.79 Å². The van der Waals surface area contributed by atoms with Crippen LogP contribution in [0.2, 0.25) is 5.02 Å². The summed E-state index contributed by atoms with van der Waals surface area (Å²) >= 11 is 9.16. The van der Waals surface area contributed by atoms with Crippen molar-refractivity contribution in [3.8, 4) is 0 Å². The van der Waals surface area contributed by atoms with Gasteiger partial charge in [-0.2, -0.15) is 0 Å². The van der Waals surface area contributed by atoms with Crippen molar-refractivity contribution in [2.24, 2.45) is 0 Å². The Balaban J connectivity index is 2.36. The summed E-state index contributed by atoms with van der Waals surface area (Å²) in [4.78, 5) is 23.5. The van der Waals surface area contributed by atoms with E-state index in [2.05, 4.69) is 21.2 Å². The normalized spacial score (nSPS) is 10.2. The number of anilines is 1. The smallest absolute Gasteiger partial charge is 0.338 e. The zero-order chi connectivity index (χ0) is 15.6. The lowest BCUT2D eigenvalue weighted by Crippen LogP contribution is -2.15. The third-order valence-electron chi connectivity index (χ3n) is 2.86. The molecule has 6 heteroatoms. The van der Waals surface area contributed by atoms with Crippen LogP contribution in [0.1, 0.15) is 26.3 Å². The number of benzene rings is 2. The van der Waals surface area contributed by atoms with Gasteiger partial charge in [-0.3, -0.25) is 4.79 Å². The first kappa shape index (κ1) is 15.5. The molecular formula is C15H11BrClNO3. The van der Waals surface area contributed by atoms with E-state index in [-0.39, 0.29) is 11.3 Å². The van der Waals surface area contributed by atoms with Crippen molar-refractivity contribution in [2.75, 3.05) is 5.32 Å². The Bertz CT molecular complexity index is 711. The monoisotopic (exact) mass is 367 g/mol. The second-order valence-corrected chi connectivity index (χ2v) is 5.77. The maximum Gasteiger partial charge on any atom is 0.338 e. The molecule has 0 aliphatic rings. The number of aromatic carboxylic acids is 1. The Morgan fingerprint density at radius 3 is 2.57 bits per heavy atom. The molecule has 2 N–H and O–H groups in total. The highest BCUT2D eigenvalue weighted by Crippen LogP contribution is 2.23. The lowest BCUT2D eigenvalue weighted by Gasteiger charge is -2.11. The summed E-state index contributed by atoms with van der Waals surface area (Å²) < 4.78 is 0.669. The standard InChI is InChI=1S/C15H11BrClNO3/c1-8-3-2-4-12(13(8)15(20)21)18-14(19)9-5-10(16)7-11(17)6-9/h2-7H,1H3,(H,18,19)(H,20,21). The second kappa shape index (κ2) is 6.28. The van der Waals surface area contributed by atoms with E-state index in [1.165, 1.54) is 6.07 Å². The molecule has 21 heavy (non-hydrogen) atoms. The van der Waals surface area contributed by atoms with Gasteiger partial charge in [-0.15, -0.1) is 0 Å². The van der Waals surface area contributed by atoms with Crippen molar-refractivity contribution in [2.45, 2.75) is 6.92 Å². The molecule has 1 amide bonds. The van der Waals surface area contributed by atoms with Gasteiger partial charge in [0.25, 0.3) is 5.91 Å². The number of aryl methyl sites for hydroxylation is 1. The minimum Gasteiger partial charge on any atom is -0.478 e. The lowest BCUT2D eigenvalue weighted by atomic mass is 10.1. The topological polar surface area (TPSA) is 66.4 Å². The fraction of sp³-hybridized carbons (Fsp3) is 0.0667. The molecule has 0 heterocycles. The minimum absolute atomic E-state index is 0.0759. The van der Waals surface area contributed by atoms with Crippen LogP contribution in [0.5, 0.6) is 0 Å². The van der Waals surface area contributed by atoms with E-state index in [0.29, 0.717) is 20.6 Å². The predicted octanol–water partition coefficient (Wildman–Crippen LogP) is 4.36. The van der Waals surface area contributed by atoms with Crippen LogP contribution in [0.4, 0.5) is 5.69 Å². The van der Waals surface area contributed by atoms with Gasteiger partial charge in [0.15, 0.2) is 0 Å². The zero-order valence-corrected chi connectivity index (χ0v) is 13.3. The molecule has 0 aromatic heterocycles. The van der Waals surface area contributed by atoms with Crippen molar-refractivity contribution in [1.82, 2.24) is 0 Å². The molecule has 0 aliphatic carbocycles. The summed E-state index contributed by atoms with van der Waals surface area (Å²) in [6.07, 6.45) is 0. The summed E-state index contributed by atoms with van der Waals surface area (Å²) in [5.74, 6) is -1.51. The van der Waals surface area contributed by atoms with Crippen LogP contribution >= 0.6 is 27.5 Å². The molecule has 0 atom stereocenters. The van der Waals surface area contributed by atoms with E-state index >= 15 is 0 Å². The number of rotatable bonds is 3. The van der Waals surface area contributed by atoms with Crippen LogP contribution in [-0.2, 0) is 0 Å². The molecule has 2 rings (SSSR count). The first-order valence-corrected chi connectivity index (χ1v) is 7.16. The molecule has 2 aromatic rings. The summed E-state index contributed by atoms with van der Waals surface area (Å²) in [5, 5.41) is 12.3. The van der Waals surface area contributed by atoms with Crippen molar-refractivity contribution in [3.63, 3.8) is 0 Å². The van der Waals surface area contributed by atoms with E-state index in [9.17, 15) is 14.7 Å². The number of carbonyl (C=O) groups excluding carboxylic acids is 1. The third kappa shape index (κ3) is 3.62. The van der Waals surface area contributed by atoms with E-state index in [1.807, 2.05) is 0 Å². The van der Waals surface area contributed by atoms with Gasteiger partial charge in [-0.05, 0) is 36.8 Å². The van der Waals surface area contributed by atoms with E-state index in [1.54, 1.807) is 37.3 Å². The number of hydrogen-bond acceptors (Lipinski definition) is 2. The number of halogens is 2. The Hall–Kier alpha value is -1.85. The van der Waals surface area contributed by atoms with Gasteiger partial charge in [0, 0.05) is 15.1 Å². The Morgan fingerprint density at radius 2 is 1.95 bits per heavy atom. The lowest BCUT2D eigenvalue weighted by molar-refractivity contribution is 0.0697. The fourth-order valence-corrected chi connectivity index (χ4v) is 2.80. The molecule has 0 bridgehead atoms. The molecule has 0 saturated heterocycles. The Labute approximate surface area is 134 Å². The Kier molecular flexibility index (Phi) is 4.65. The third-order valence-corrected chi connectivity index (χ3v) is 3.54. The molecular weight excluding hydrogens is 358 g/mol. The molecule has 2 aromatic carbocycles. The van der Waals surface area contributed by atoms with E-state index < -0.39 is 11.9 Å². The summed E-state index contributed by atoms with van der Waals surface area (Å²) in [6.45, 7) is 1.68. The van der Waals surface area contributed by atoms with Crippen LogP contribution in [0, 0.1) is 6.92 Å². The van der Waals surface area contributed by atoms with Gasteiger partial charge in [0.1, 0.15) is 0 Å². The van der Waals surface area contributed by atoms with Crippen molar-refractivity contribution >= 4 is 45.1 Å². The summed E-state index contributed by atoms with van der Waals surface area (Å²) in [5.41, 5.74) is 1.25. The van der Waals surface area contributed by atoms with Crippen LogP contribution in [0.25, 0.3) is 0 Å². The summed E-state index contributed by atoms with van der Waals surface area (Å²) in [6, 6.07) is 9.69. The maximum atomic E-state index is 12.2. The number of carboxylic acid groups (broad SMARTS) is 1. The number of amides is 1. The van der Waals surface area contributed by atoms with Crippen LogP contribution in [-0.4, -0.2) is 17.0 Å². The van der Waals surface area contributed by atoms with Crippen LogP contribution < -0.4 is 5.32 Å². The quantitative estimate of drug-likeness (QED) is 0.846. The zero-order valence-electron chi connectivity index (χ0n) is 11.0. The van der Waals surface area contributed by atoms with Crippen LogP contribution in [0.3, 0.4) is 0 Å². The molecule has 108 valence electrons. The van der Waals surface area contributed by atoms with E-state index in [0.717, 1.165) is 0 Å². The highest BCUT2D eigenvalue weighted by atomic mass is 79.9. The second-order valence-electron chi connectivity index (χ2n) is 4.41. The summed E-state index contributed by atoms with van der Waals surface area (Å²) in [7, 11) is 0. The number of nitrogens with one attached hydrogen (secondary N) is 1. The molecule has 0 radical (unpaired) electrons. The fourth-order valence-electron chi connectivity index (χ4n) is 1.94. The Morgan fingerprint density at radius 1 is 1.24 bits per heavy atom. The van der Waals surface area contributed by atoms with Crippen LogP contribution in [0.15, 0.2) is 40.9 Å². The SMILES string of the molecule is Cc1cccc(NC(=O)c2cc(Cl)cc(Br)c2)c1C(=O)O. The molecule has 0 spiro atoms. The molecule has 0 aliphatic heterocycles. The number of hydrogen-bond donors (Lipinski definition) is 2. The maximum absolute atomic E-state index is 12.2. The van der Waals surface area contributed by atoms with E-state index in [4.69, 9.17) is 11.6 Å². The number of carbonyl (C=O) groups is 2. The van der Waals surface area contributed by atoms with Crippen molar-refractivity contribution in [3.05, 3.63) is 62.6 Å². The molecule has 0 unspecified atom stereocenters. The number of carboxylic acids is 1. The molecule has 0 fully saturated rings. The van der Waals surface area contributed by atoms with Gasteiger partial charge >= 0.3 is 5.97 Å². The van der Waals surface area contributed by atoms with Gasteiger partial charge in [0.2, 0.25) is 0 Å². The first-order valence-electron chi connectivity index (χ1n) is 5.99. The largest absolute Gasteiger partial charge is 0.478 e. The van der Waals surface area contributed by atoms with Crippen molar-refractivity contribution in [1.29, 1.82) is 0 Å². The molecule has 0 saturated carbocycles. The van der Waals surface area contributed by atoms with Gasteiger partial charge in [0.05, 0.1) is 11.3 Å². The molecule has 4 nitrogen and oxygen atoms in total. The minimum atomic E-state index is -1.09. The van der Waals surface area contributed by atoms with Gasteiger partial charge in [-0.1, -0.05) is 39.7 Å². The highest BCUT2D eigenvalue weighted by molar-refractivity contribution is 9.10. The average Bonchev–Trinajstić information content (AvgIpc) is 2.37. The van der Waals surface area contributed by atoms with Crippen molar-refractivity contribution < 1.29 is 14.7 Å². The van der Waals surface area contributed by atoms with Gasteiger partial charge < -0.3 is 10.4 Å². The first-order chi connectivity index (χ1) is 9.88. The average molecular weight is 369 g/mol.